The summed E-state index contributed by atoms with van der Waals surface area (Å²) in [4.78, 5) is 13.8. The number of nitrogens with zero attached hydrogens (tertiary/aromatic N) is 2. The molecule has 0 aromatic heterocycles. The van der Waals surface area contributed by atoms with Crippen LogP contribution in [0.1, 0.15) is 0 Å². The monoisotopic (exact) mass is 338 g/mol. The van der Waals surface area contributed by atoms with Crippen LogP contribution in [-0.4, -0.2) is 57.3 Å². The van der Waals surface area contributed by atoms with E-state index in [1.54, 1.807) is 24.3 Å². The highest BCUT2D eigenvalue weighted by Gasteiger charge is 2.24. The van der Waals surface area contributed by atoms with E-state index in [1.165, 1.54) is 31.2 Å². The number of carbonyl (C=O) groups excluding carboxylic acids is 1. The quantitative estimate of drug-likeness (QED) is 0.640. The number of benzene rings is 1. The van der Waals surface area contributed by atoms with E-state index < -0.39 is 10.0 Å². The SMILES string of the molecule is C=CCN(CC=C)C(=O)CN(C)S(=O)(=O)c1ccc(OC)cc1. The highest BCUT2D eigenvalue weighted by Crippen LogP contribution is 2.18. The van der Waals surface area contributed by atoms with Gasteiger partial charge in [-0.3, -0.25) is 4.79 Å². The molecule has 0 unspecified atom stereocenters. The smallest absolute Gasteiger partial charge is 0.243 e. The van der Waals surface area contributed by atoms with E-state index in [-0.39, 0.29) is 17.3 Å². The van der Waals surface area contributed by atoms with Crippen LogP contribution in [0.3, 0.4) is 0 Å². The summed E-state index contributed by atoms with van der Waals surface area (Å²) in [5, 5.41) is 0. The predicted octanol–water partition coefficient (Wildman–Crippen LogP) is 1.52. The second-order valence-corrected chi connectivity index (χ2v) is 6.86. The van der Waals surface area contributed by atoms with Crippen molar-refractivity contribution in [2.24, 2.45) is 0 Å². The molecule has 0 saturated carbocycles. The average Bonchev–Trinajstić information content (AvgIpc) is 2.54. The van der Waals surface area contributed by atoms with E-state index in [0.29, 0.717) is 18.8 Å². The molecule has 0 spiro atoms. The topological polar surface area (TPSA) is 66.9 Å². The van der Waals surface area contributed by atoms with E-state index >= 15 is 0 Å². The first-order valence-corrected chi connectivity index (χ1v) is 8.40. The Balaban J connectivity index is 2.88. The molecule has 1 rings (SSSR count). The minimum Gasteiger partial charge on any atom is -0.497 e. The third-order valence-electron chi connectivity index (χ3n) is 3.18. The number of hydrogen-bond donors (Lipinski definition) is 0. The second kappa shape index (κ2) is 8.50. The normalized spacial score (nSPS) is 11.1. The molecule has 126 valence electrons. The molecule has 1 aromatic carbocycles. The lowest BCUT2D eigenvalue weighted by Gasteiger charge is -2.23. The van der Waals surface area contributed by atoms with Gasteiger partial charge in [0.1, 0.15) is 5.75 Å². The lowest BCUT2D eigenvalue weighted by atomic mass is 10.3. The minimum atomic E-state index is -3.74. The lowest BCUT2D eigenvalue weighted by Crippen LogP contribution is -2.41. The summed E-state index contributed by atoms with van der Waals surface area (Å²) in [5.74, 6) is 0.246. The third kappa shape index (κ3) is 4.94. The van der Waals surface area contributed by atoms with Gasteiger partial charge in [-0.25, -0.2) is 8.42 Å². The number of ether oxygens (including phenoxy) is 1. The van der Waals surface area contributed by atoms with Gasteiger partial charge in [-0.1, -0.05) is 12.2 Å². The van der Waals surface area contributed by atoms with Gasteiger partial charge in [0.15, 0.2) is 0 Å². The number of rotatable bonds is 9. The summed E-state index contributed by atoms with van der Waals surface area (Å²) in [6.07, 6.45) is 3.17. The maximum Gasteiger partial charge on any atom is 0.243 e. The van der Waals surface area contributed by atoms with Gasteiger partial charge >= 0.3 is 0 Å². The number of amides is 1. The summed E-state index contributed by atoms with van der Waals surface area (Å²) < 4.78 is 31.0. The first-order valence-electron chi connectivity index (χ1n) is 6.96. The van der Waals surface area contributed by atoms with Gasteiger partial charge < -0.3 is 9.64 Å². The molecule has 0 aliphatic heterocycles. The molecule has 0 bridgehead atoms. The standard InChI is InChI=1S/C16H22N2O4S/c1-5-11-18(12-6-2)16(19)13-17(3)23(20,21)15-9-7-14(22-4)8-10-15/h5-10H,1-2,11-13H2,3-4H3. The molecule has 0 atom stereocenters. The zero-order valence-corrected chi connectivity index (χ0v) is 14.3. The summed E-state index contributed by atoms with van der Waals surface area (Å²) in [6, 6.07) is 6.01. The van der Waals surface area contributed by atoms with Crippen LogP contribution in [0.25, 0.3) is 0 Å². The van der Waals surface area contributed by atoms with Crippen LogP contribution >= 0.6 is 0 Å². The molecule has 0 aliphatic rings. The van der Waals surface area contributed by atoms with Crippen LogP contribution in [0.5, 0.6) is 5.75 Å². The minimum absolute atomic E-state index is 0.104. The number of likely N-dealkylation sites (N-methyl/N-ethyl adjacent to an activating group) is 1. The van der Waals surface area contributed by atoms with Crippen LogP contribution in [0.2, 0.25) is 0 Å². The summed E-state index contributed by atoms with van der Waals surface area (Å²) in [7, 11) is -0.869. The van der Waals surface area contributed by atoms with Crippen LogP contribution in [0.4, 0.5) is 0 Å². The summed E-state index contributed by atoms with van der Waals surface area (Å²) >= 11 is 0. The van der Waals surface area contributed by atoms with Crippen LogP contribution in [0, 0.1) is 0 Å². The van der Waals surface area contributed by atoms with Crippen LogP contribution in [0.15, 0.2) is 54.5 Å². The molecule has 0 fully saturated rings. The number of methoxy groups -OCH3 is 1. The third-order valence-corrected chi connectivity index (χ3v) is 4.99. The highest BCUT2D eigenvalue weighted by molar-refractivity contribution is 7.89. The fraction of sp³-hybridized carbons (Fsp3) is 0.312. The van der Waals surface area contributed by atoms with Crippen molar-refractivity contribution in [3.05, 3.63) is 49.6 Å². The van der Waals surface area contributed by atoms with Crippen molar-refractivity contribution in [2.45, 2.75) is 4.90 Å². The molecule has 0 aliphatic carbocycles. The second-order valence-electron chi connectivity index (χ2n) is 4.81. The van der Waals surface area contributed by atoms with Crippen molar-refractivity contribution in [1.82, 2.24) is 9.21 Å². The Hall–Kier alpha value is -2.12. The van der Waals surface area contributed by atoms with Crippen molar-refractivity contribution in [3.63, 3.8) is 0 Å². The first kappa shape index (κ1) is 18.9. The van der Waals surface area contributed by atoms with Gasteiger partial charge in [-0.15, -0.1) is 13.2 Å². The predicted molar refractivity (Wildman–Crippen MR) is 89.8 cm³/mol. The molecule has 0 radical (unpaired) electrons. The zero-order chi connectivity index (χ0) is 17.5. The van der Waals surface area contributed by atoms with Gasteiger partial charge in [-0.05, 0) is 24.3 Å². The van der Waals surface area contributed by atoms with Crippen molar-refractivity contribution in [3.8, 4) is 5.75 Å². The lowest BCUT2D eigenvalue weighted by molar-refractivity contribution is -0.130. The average molecular weight is 338 g/mol. The van der Waals surface area contributed by atoms with Gasteiger partial charge in [0.2, 0.25) is 15.9 Å². The van der Waals surface area contributed by atoms with Gasteiger partial charge in [-0.2, -0.15) is 4.31 Å². The summed E-state index contributed by atoms with van der Waals surface area (Å²) in [6.45, 7) is 7.59. The van der Waals surface area contributed by atoms with E-state index in [0.717, 1.165) is 4.31 Å². The molecule has 6 nitrogen and oxygen atoms in total. The van der Waals surface area contributed by atoms with Crippen molar-refractivity contribution in [2.75, 3.05) is 33.8 Å². The first-order chi connectivity index (χ1) is 10.9. The number of carbonyl (C=O) groups is 1. The van der Waals surface area contributed by atoms with Gasteiger partial charge in [0.05, 0.1) is 18.6 Å². The van der Waals surface area contributed by atoms with E-state index in [1.807, 2.05) is 0 Å². The Morgan fingerprint density at radius 3 is 2.13 bits per heavy atom. The molecule has 7 heteroatoms. The molecular weight excluding hydrogens is 316 g/mol. The van der Waals surface area contributed by atoms with E-state index in [9.17, 15) is 13.2 Å². The molecule has 0 heterocycles. The van der Waals surface area contributed by atoms with Crippen molar-refractivity contribution in [1.29, 1.82) is 0 Å². The maximum atomic E-state index is 12.5. The largest absolute Gasteiger partial charge is 0.497 e. The molecular formula is C16H22N2O4S. The van der Waals surface area contributed by atoms with Crippen molar-refractivity contribution >= 4 is 15.9 Å². The summed E-state index contributed by atoms with van der Waals surface area (Å²) in [5.41, 5.74) is 0. The number of sulfonamides is 1. The Morgan fingerprint density at radius 1 is 1.17 bits per heavy atom. The van der Waals surface area contributed by atoms with E-state index in [4.69, 9.17) is 4.74 Å². The van der Waals surface area contributed by atoms with Crippen LogP contribution in [-0.2, 0) is 14.8 Å². The number of hydrogen-bond acceptors (Lipinski definition) is 4. The Labute approximate surface area is 137 Å². The van der Waals surface area contributed by atoms with Crippen LogP contribution < -0.4 is 4.74 Å². The molecule has 23 heavy (non-hydrogen) atoms. The molecule has 0 saturated heterocycles. The molecule has 1 amide bonds. The fourth-order valence-corrected chi connectivity index (χ4v) is 3.01. The van der Waals surface area contributed by atoms with Crippen molar-refractivity contribution < 1.29 is 17.9 Å². The Morgan fingerprint density at radius 2 is 1.70 bits per heavy atom. The maximum absolute atomic E-state index is 12.5. The van der Waals surface area contributed by atoms with Gasteiger partial charge in [0.25, 0.3) is 0 Å². The Bertz CT molecular complexity index is 643. The zero-order valence-electron chi connectivity index (χ0n) is 13.4. The molecule has 1 aromatic rings. The highest BCUT2D eigenvalue weighted by atomic mass is 32.2. The Kier molecular flexibility index (Phi) is 6.99. The van der Waals surface area contributed by atoms with Gasteiger partial charge in [0, 0.05) is 20.1 Å². The fourth-order valence-electron chi connectivity index (χ4n) is 1.89. The van der Waals surface area contributed by atoms with E-state index in [2.05, 4.69) is 13.2 Å². The molecule has 0 N–H and O–H groups in total.